The van der Waals surface area contributed by atoms with E-state index < -0.39 is 6.10 Å². The van der Waals surface area contributed by atoms with Gasteiger partial charge in [-0.15, -0.1) is 0 Å². The number of β-amino-alcohol motifs (C(OH)–C–C–N with tert-alkyl or cyclic N) is 1. The molecule has 1 amide bonds. The van der Waals surface area contributed by atoms with Crippen molar-refractivity contribution in [2.24, 2.45) is 16.7 Å². The highest BCUT2D eigenvalue weighted by atomic mass is 16.6. The van der Waals surface area contributed by atoms with Gasteiger partial charge in [0.05, 0.1) is 25.4 Å². The molecule has 0 aromatic rings. The number of ether oxygens (including phenoxy) is 2. The number of nitrogens with zero attached hydrogens (tertiary/aromatic N) is 2. The molecule has 1 saturated heterocycles. The largest absolute Gasteiger partial charge is 0.450 e. The van der Waals surface area contributed by atoms with E-state index in [1.54, 1.807) is 4.90 Å². The lowest BCUT2D eigenvalue weighted by Crippen LogP contribution is -2.51. The second kappa shape index (κ2) is 7.64. The molecule has 3 fully saturated rings. The number of fused-ring (bicyclic) bond motifs is 2. The van der Waals surface area contributed by atoms with Crippen molar-refractivity contribution in [2.45, 2.75) is 59.2 Å². The summed E-state index contributed by atoms with van der Waals surface area (Å²) in [5.74, 6) is 0.755. The van der Waals surface area contributed by atoms with Crippen LogP contribution >= 0.6 is 0 Å². The van der Waals surface area contributed by atoms with Crippen LogP contribution in [0.2, 0.25) is 0 Å². The molecule has 3 rings (SSSR count). The molecule has 6 heteroatoms. The highest BCUT2D eigenvalue weighted by Gasteiger charge is 2.60. The predicted molar refractivity (Wildman–Crippen MR) is 100 cm³/mol. The zero-order valence-corrected chi connectivity index (χ0v) is 16.9. The number of carbonyl (C=O) groups excluding carboxylic acids is 1. The maximum absolute atomic E-state index is 11.7. The Hall–Kier alpha value is -0.850. The molecule has 3 aliphatic rings. The van der Waals surface area contributed by atoms with Crippen LogP contribution in [0.5, 0.6) is 0 Å². The van der Waals surface area contributed by atoms with Crippen molar-refractivity contribution in [3.8, 4) is 0 Å². The van der Waals surface area contributed by atoms with Crippen molar-refractivity contribution in [2.75, 3.05) is 45.9 Å². The van der Waals surface area contributed by atoms with Gasteiger partial charge in [0.2, 0.25) is 0 Å². The molecule has 4 atom stereocenters. The lowest BCUT2D eigenvalue weighted by atomic mass is 9.70. The summed E-state index contributed by atoms with van der Waals surface area (Å²) in [7, 11) is 0. The number of aliphatic hydroxyl groups excluding tert-OH is 1. The molecule has 2 aliphatic carbocycles. The normalized spacial score (nSPS) is 34.9. The molecule has 1 heterocycles. The van der Waals surface area contributed by atoms with Gasteiger partial charge >= 0.3 is 6.09 Å². The van der Waals surface area contributed by atoms with Gasteiger partial charge in [0.15, 0.2) is 0 Å². The molecule has 0 unspecified atom stereocenters. The van der Waals surface area contributed by atoms with Crippen molar-refractivity contribution in [3.63, 3.8) is 0 Å². The van der Waals surface area contributed by atoms with E-state index in [4.69, 9.17) is 9.47 Å². The first kappa shape index (κ1) is 19.9. The Bertz CT molecular complexity index is 499. The molecule has 26 heavy (non-hydrogen) atoms. The third kappa shape index (κ3) is 3.87. The molecule has 1 aliphatic heterocycles. The Morgan fingerprint density at radius 1 is 1.23 bits per heavy atom. The fourth-order valence-electron chi connectivity index (χ4n) is 5.56. The summed E-state index contributed by atoms with van der Waals surface area (Å²) >= 11 is 0. The number of carbonyl (C=O) groups is 1. The number of rotatable bonds is 6. The van der Waals surface area contributed by atoms with Gasteiger partial charge in [-0.25, -0.2) is 4.79 Å². The molecule has 0 aromatic carbocycles. The van der Waals surface area contributed by atoms with E-state index in [0.717, 1.165) is 19.0 Å². The van der Waals surface area contributed by atoms with E-state index in [9.17, 15) is 9.90 Å². The first-order chi connectivity index (χ1) is 12.3. The van der Waals surface area contributed by atoms with Crippen molar-refractivity contribution >= 4 is 6.09 Å². The van der Waals surface area contributed by atoms with Crippen LogP contribution in [0.4, 0.5) is 4.79 Å². The zero-order chi connectivity index (χ0) is 18.9. The van der Waals surface area contributed by atoms with Gasteiger partial charge in [0, 0.05) is 32.7 Å². The van der Waals surface area contributed by atoms with Crippen LogP contribution in [0.1, 0.15) is 47.0 Å². The van der Waals surface area contributed by atoms with E-state index in [1.165, 1.54) is 19.3 Å². The second-order valence-corrected chi connectivity index (χ2v) is 9.27. The molecule has 1 N–H and O–H groups in total. The first-order valence-corrected chi connectivity index (χ1v) is 10.2. The van der Waals surface area contributed by atoms with Gasteiger partial charge in [-0.05, 0) is 42.9 Å². The van der Waals surface area contributed by atoms with Gasteiger partial charge in [0.25, 0.3) is 0 Å². The average molecular weight is 369 g/mol. The van der Waals surface area contributed by atoms with E-state index >= 15 is 0 Å². The third-order valence-electron chi connectivity index (χ3n) is 6.96. The van der Waals surface area contributed by atoms with Crippen LogP contribution < -0.4 is 0 Å². The Morgan fingerprint density at radius 3 is 2.50 bits per heavy atom. The van der Waals surface area contributed by atoms with Gasteiger partial charge in [-0.2, -0.15) is 0 Å². The summed E-state index contributed by atoms with van der Waals surface area (Å²) in [6, 6.07) is 0. The molecular formula is C20H36N2O4. The van der Waals surface area contributed by atoms with Crippen LogP contribution in [-0.4, -0.2) is 79.1 Å². The molecule has 0 radical (unpaired) electrons. The van der Waals surface area contributed by atoms with E-state index in [-0.39, 0.29) is 23.0 Å². The van der Waals surface area contributed by atoms with E-state index in [1.807, 2.05) is 6.92 Å². The Balaban J connectivity index is 1.41. The highest BCUT2D eigenvalue weighted by Crippen LogP contribution is 2.63. The maximum Gasteiger partial charge on any atom is 0.409 e. The van der Waals surface area contributed by atoms with Crippen molar-refractivity contribution < 1.29 is 19.4 Å². The second-order valence-electron chi connectivity index (χ2n) is 9.27. The monoisotopic (exact) mass is 368 g/mol. The zero-order valence-electron chi connectivity index (χ0n) is 16.9. The molecule has 0 aromatic heterocycles. The molecule has 0 spiro atoms. The minimum absolute atomic E-state index is 0.206. The van der Waals surface area contributed by atoms with Crippen LogP contribution in [0, 0.1) is 16.7 Å². The van der Waals surface area contributed by atoms with E-state index in [0.29, 0.717) is 32.8 Å². The van der Waals surface area contributed by atoms with Crippen LogP contribution in [0.25, 0.3) is 0 Å². The number of amides is 1. The van der Waals surface area contributed by atoms with Crippen molar-refractivity contribution in [1.82, 2.24) is 9.80 Å². The lowest BCUT2D eigenvalue weighted by Gasteiger charge is -2.43. The standard InChI is InChI=1S/C20H36N2O4/c1-5-25-18(24)22-10-8-21(9-11-22)13-16(23)14-26-17-19(2,3)15-6-7-20(17,4)12-15/h15-17,23H,5-14H2,1-4H3/t15-,16+,17+,20-/m0/s1. The van der Waals surface area contributed by atoms with Gasteiger partial charge in [-0.3, -0.25) is 4.90 Å². The van der Waals surface area contributed by atoms with Crippen LogP contribution in [-0.2, 0) is 9.47 Å². The Kier molecular flexibility index (Phi) is 5.85. The smallest absolute Gasteiger partial charge is 0.409 e. The predicted octanol–water partition coefficient (Wildman–Crippen LogP) is 2.35. The molecule has 2 saturated carbocycles. The molecule has 150 valence electrons. The minimum atomic E-state index is -0.484. The fraction of sp³-hybridized carbons (Fsp3) is 0.950. The van der Waals surface area contributed by atoms with Crippen LogP contribution in [0.3, 0.4) is 0 Å². The molecular weight excluding hydrogens is 332 g/mol. The maximum atomic E-state index is 11.7. The average Bonchev–Trinajstić information content (AvgIpc) is 3.06. The number of hydrogen-bond acceptors (Lipinski definition) is 5. The van der Waals surface area contributed by atoms with Gasteiger partial charge in [-0.1, -0.05) is 20.8 Å². The summed E-state index contributed by atoms with van der Waals surface area (Å²) < 4.78 is 11.3. The third-order valence-corrected chi connectivity index (χ3v) is 6.96. The molecule has 2 bridgehead atoms. The number of aliphatic hydroxyl groups is 1. The van der Waals surface area contributed by atoms with Gasteiger partial charge < -0.3 is 19.5 Å². The van der Waals surface area contributed by atoms with Crippen molar-refractivity contribution in [3.05, 3.63) is 0 Å². The summed E-state index contributed by atoms with van der Waals surface area (Å²) in [4.78, 5) is 15.7. The summed E-state index contributed by atoms with van der Waals surface area (Å²) in [5, 5.41) is 10.5. The quantitative estimate of drug-likeness (QED) is 0.780. The fourth-order valence-corrected chi connectivity index (χ4v) is 5.56. The van der Waals surface area contributed by atoms with E-state index in [2.05, 4.69) is 25.7 Å². The number of piperazine rings is 1. The minimum Gasteiger partial charge on any atom is -0.450 e. The SMILES string of the molecule is CCOC(=O)N1CCN(C[C@@H](O)CO[C@@H]2C(C)(C)[C@H]3CC[C@@]2(C)C3)CC1. The van der Waals surface area contributed by atoms with Crippen LogP contribution in [0.15, 0.2) is 0 Å². The molecule has 6 nitrogen and oxygen atoms in total. The van der Waals surface area contributed by atoms with Crippen molar-refractivity contribution in [1.29, 1.82) is 0 Å². The first-order valence-electron chi connectivity index (χ1n) is 10.2. The summed E-state index contributed by atoms with van der Waals surface area (Å²) in [6.07, 6.45) is 3.35. The van der Waals surface area contributed by atoms with Gasteiger partial charge in [0.1, 0.15) is 0 Å². The number of hydrogen-bond donors (Lipinski definition) is 1. The summed E-state index contributed by atoms with van der Waals surface area (Å²) in [5.41, 5.74) is 0.483. The Morgan fingerprint density at radius 2 is 1.92 bits per heavy atom. The topological polar surface area (TPSA) is 62.2 Å². The lowest BCUT2D eigenvalue weighted by molar-refractivity contribution is -0.114. The Labute approximate surface area is 157 Å². The summed E-state index contributed by atoms with van der Waals surface area (Å²) in [6.45, 7) is 13.1. The highest BCUT2D eigenvalue weighted by molar-refractivity contribution is 5.67.